The van der Waals surface area contributed by atoms with Crippen LogP contribution in [0.2, 0.25) is 0 Å². The first-order valence-electron chi connectivity index (χ1n) is 8.64. The van der Waals surface area contributed by atoms with Crippen LogP contribution in [0.5, 0.6) is 0 Å². The van der Waals surface area contributed by atoms with Crippen LogP contribution >= 0.6 is 24.0 Å². The van der Waals surface area contributed by atoms with Gasteiger partial charge in [0.05, 0.1) is 0 Å². The van der Waals surface area contributed by atoms with Gasteiger partial charge in [-0.2, -0.15) is 0 Å². The Morgan fingerprint density at radius 2 is 1.81 bits per heavy atom. The molecule has 0 saturated heterocycles. The third kappa shape index (κ3) is 8.03. The van der Waals surface area contributed by atoms with E-state index in [1.807, 2.05) is 12.1 Å². The summed E-state index contributed by atoms with van der Waals surface area (Å²) in [5.74, 6) is 0.519. The molecule has 0 amide bonds. The van der Waals surface area contributed by atoms with Gasteiger partial charge in [-0.05, 0) is 42.7 Å². The summed E-state index contributed by atoms with van der Waals surface area (Å²) in [5, 5.41) is 6.49. The van der Waals surface area contributed by atoms with Gasteiger partial charge in [0.15, 0.2) is 5.96 Å². The van der Waals surface area contributed by atoms with Gasteiger partial charge in [0.25, 0.3) is 0 Å². The number of nitrogens with zero attached hydrogens (tertiary/aromatic N) is 2. The molecule has 0 bridgehead atoms. The molecule has 2 aromatic rings. The van der Waals surface area contributed by atoms with Crippen LogP contribution in [0.15, 0.2) is 59.6 Å². The zero-order chi connectivity index (χ0) is 17.9. The van der Waals surface area contributed by atoms with Gasteiger partial charge in [0.1, 0.15) is 5.82 Å². The first-order valence-corrected chi connectivity index (χ1v) is 8.64. The first-order chi connectivity index (χ1) is 12.2. The lowest BCUT2D eigenvalue weighted by Gasteiger charge is -2.19. The van der Waals surface area contributed by atoms with E-state index < -0.39 is 0 Å². The van der Waals surface area contributed by atoms with Crippen molar-refractivity contribution in [2.24, 2.45) is 4.99 Å². The van der Waals surface area contributed by atoms with E-state index in [0.717, 1.165) is 37.5 Å². The van der Waals surface area contributed by atoms with Gasteiger partial charge >= 0.3 is 0 Å². The Morgan fingerprint density at radius 1 is 1.04 bits per heavy atom. The second-order valence-electron chi connectivity index (χ2n) is 5.95. The van der Waals surface area contributed by atoms with E-state index in [1.165, 1.54) is 17.8 Å². The van der Waals surface area contributed by atoms with Crippen LogP contribution in [-0.2, 0) is 6.54 Å². The average Bonchev–Trinajstić information content (AvgIpc) is 2.64. The first kappa shape index (κ1) is 22.2. The molecular weight excluding hydrogens is 442 g/mol. The smallest absolute Gasteiger partial charge is 0.191 e. The highest BCUT2D eigenvalue weighted by atomic mass is 127. The van der Waals surface area contributed by atoms with Crippen molar-refractivity contribution < 1.29 is 4.39 Å². The summed E-state index contributed by atoms with van der Waals surface area (Å²) in [5.41, 5.74) is 2.13. The lowest BCUT2D eigenvalue weighted by molar-refractivity contribution is 0.624. The summed E-state index contributed by atoms with van der Waals surface area (Å²) >= 11 is 0. The largest absolute Gasteiger partial charge is 0.375 e. The van der Waals surface area contributed by atoms with Gasteiger partial charge < -0.3 is 15.5 Å². The second-order valence-corrected chi connectivity index (χ2v) is 5.95. The summed E-state index contributed by atoms with van der Waals surface area (Å²) in [6, 6.07) is 17.0. The maximum atomic E-state index is 13.2. The molecule has 0 heterocycles. The van der Waals surface area contributed by atoms with Crippen molar-refractivity contribution in [1.29, 1.82) is 0 Å². The van der Waals surface area contributed by atoms with E-state index in [9.17, 15) is 4.39 Å². The molecule has 0 aromatic heterocycles. The Bertz CT molecular complexity index is 664. The third-order valence-corrected chi connectivity index (χ3v) is 3.98. The molecule has 26 heavy (non-hydrogen) atoms. The number of anilines is 1. The number of para-hydroxylation sites is 1. The number of guanidine groups is 1. The van der Waals surface area contributed by atoms with Gasteiger partial charge in [-0.15, -0.1) is 24.0 Å². The monoisotopic (exact) mass is 470 g/mol. The van der Waals surface area contributed by atoms with Crippen molar-refractivity contribution in [2.45, 2.75) is 19.4 Å². The van der Waals surface area contributed by atoms with Crippen LogP contribution in [0, 0.1) is 5.82 Å². The molecule has 0 atom stereocenters. The van der Waals surface area contributed by atoms with Crippen molar-refractivity contribution in [3.63, 3.8) is 0 Å². The molecule has 6 heteroatoms. The van der Waals surface area contributed by atoms with Gasteiger partial charge in [-0.1, -0.05) is 30.3 Å². The van der Waals surface area contributed by atoms with Gasteiger partial charge in [0, 0.05) is 39.4 Å². The molecule has 142 valence electrons. The van der Waals surface area contributed by atoms with Crippen LogP contribution in [0.4, 0.5) is 10.1 Å². The van der Waals surface area contributed by atoms with Crippen molar-refractivity contribution in [2.75, 3.05) is 32.1 Å². The molecule has 4 nitrogen and oxygen atoms in total. The SMILES string of the molecule is CN=C(NCCCCN(C)c1ccccc1)NCc1cccc(F)c1.I. The molecule has 2 rings (SSSR count). The summed E-state index contributed by atoms with van der Waals surface area (Å²) in [6.07, 6.45) is 2.15. The highest BCUT2D eigenvalue weighted by molar-refractivity contribution is 14.0. The Balaban J connectivity index is 0.00000338. The molecule has 2 N–H and O–H groups in total. The zero-order valence-electron chi connectivity index (χ0n) is 15.4. The summed E-state index contributed by atoms with van der Waals surface area (Å²) in [6.45, 7) is 2.42. The lowest BCUT2D eigenvalue weighted by atomic mass is 10.2. The van der Waals surface area contributed by atoms with Gasteiger partial charge in [-0.3, -0.25) is 4.99 Å². The summed E-state index contributed by atoms with van der Waals surface area (Å²) < 4.78 is 13.2. The van der Waals surface area contributed by atoms with Crippen LogP contribution in [0.1, 0.15) is 18.4 Å². The van der Waals surface area contributed by atoms with E-state index in [4.69, 9.17) is 0 Å². The Kier molecular flexibility index (Phi) is 10.7. The Hall–Kier alpha value is -1.83. The predicted molar refractivity (Wildman–Crippen MR) is 119 cm³/mol. The number of hydrogen-bond donors (Lipinski definition) is 2. The minimum absolute atomic E-state index is 0. The Morgan fingerprint density at radius 3 is 2.50 bits per heavy atom. The normalized spacial score (nSPS) is 10.8. The highest BCUT2D eigenvalue weighted by Gasteiger charge is 2.01. The van der Waals surface area contributed by atoms with Crippen molar-refractivity contribution >= 4 is 35.6 Å². The van der Waals surface area contributed by atoms with Crippen LogP contribution < -0.4 is 15.5 Å². The van der Waals surface area contributed by atoms with Gasteiger partial charge in [-0.25, -0.2) is 4.39 Å². The predicted octanol–water partition coefficient (Wildman–Crippen LogP) is 4.03. The number of hydrogen-bond acceptors (Lipinski definition) is 2. The topological polar surface area (TPSA) is 39.7 Å². The van der Waals surface area contributed by atoms with Crippen molar-refractivity contribution in [3.05, 3.63) is 66.0 Å². The molecule has 0 unspecified atom stereocenters. The van der Waals surface area contributed by atoms with E-state index in [1.54, 1.807) is 13.1 Å². The molecule has 0 radical (unpaired) electrons. The van der Waals surface area contributed by atoms with Crippen LogP contribution in [0.25, 0.3) is 0 Å². The fourth-order valence-electron chi connectivity index (χ4n) is 2.55. The molecule has 0 spiro atoms. The Labute approximate surface area is 172 Å². The quantitative estimate of drug-likeness (QED) is 0.265. The number of unbranched alkanes of at least 4 members (excludes halogenated alkanes) is 1. The second kappa shape index (κ2) is 12.5. The standard InChI is InChI=1S/C20H27FN4.HI/c1-22-20(24-16-17-9-8-10-18(21)15-17)23-13-6-7-14-25(2)19-11-4-3-5-12-19;/h3-5,8-12,15H,6-7,13-14,16H2,1-2H3,(H2,22,23,24);1H. The molecule has 0 aliphatic carbocycles. The zero-order valence-corrected chi connectivity index (χ0v) is 17.7. The third-order valence-electron chi connectivity index (χ3n) is 3.98. The lowest BCUT2D eigenvalue weighted by Crippen LogP contribution is -2.37. The molecule has 2 aromatic carbocycles. The fraction of sp³-hybridized carbons (Fsp3) is 0.350. The van der Waals surface area contributed by atoms with Gasteiger partial charge in [0.2, 0.25) is 0 Å². The maximum absolute atomic E-state index is 13.2. The molecular formula is C20H28FIN4. The van der Waals surface area contributed by atoms with Crippen LogP contribution in [-0.4, -0.2) is 33.1 Å². The van der Waals surface area contributed by atoms with E-state index in [-0.39, 0.29) is 29.8 Å². The number of aliphatic imine (C=N–C) groups is 1. The number of nitrogens with one attached hydrogen (secondary N) is 2. The minimum Gasteiger partial charge on any atom is -0.375 e. The fourth-order valence-corrected chi connectivity index (χ4v) is 2.55. The van der Waals surface area contributed by atoms with Crippen molar-refractivity contribution in [3.8, 4) is 0 Å². The molecule has 0 aliphatic heterocycles. The highest BCUT2D eigenvalue weighted by Crippen LogP contribution is 2.11. The average molecular weight is 470 g/mol. The van der Waals surface area contributed by atoms with E-state index >= 15 is 0 Å². The van der Waals surface area contributed by atoms with E-state index in [2.05, 4.69) is 51.8 Å². The number of halogens is 2. The minimum atomic E-state index is -0.218. The number of rotatable bonds is 8. The summed E-state index contributed by atoms with van der Waals surface area (Å²) in [7, 11) is 3.85. The van der Waals surface area contributed by atoms with Crippen molar-refractivity contribution in [1.82, 2.24) is 10.6 Å². The van der Waals surface area contributed by atoms with E-state index in [0.29, 0.717) is 6.54 Å². The summed E-state index contributed by atoms with van der Waals surface area (Å²) in [4.78, 5) is 6.46. The molecule has 0 aliphatic rings. The molecule has 0 fully saturated rings. The maximum Gasteiger partial charge on any atom is 0.191 e. The number of benzene rings is 2. The van der Waals surface area contributed by atoms with Crippen LogP contribution in [0.3, 0.4) is 0 Å². The molecule has 0 saturated carbocycles.